The SMILES string of the molecule is CC(C)Nc1nc2c(cc1C(=O)N1CCCC1)CCNCC2. The second kappa shape index (κ2) is 6.65. The summed E-state index contributed by atoms with van der Waals surface area (Å²) in [5, 5.41) is 6.77. The molecule has 1 fully saturated rings. The molecule has 0 saturated carbocycles. The van der Waals surface area contributed by atoms with Crippen LogP contribution in [-0.2, 0) is 12.8 Å². The first-order chi connectivity index (χ1) is 10.6. The number of anilines is 1. The summed E-state index contributed by atoms with van der Waals surface area (Å²) in [5.41, 5.74) is 3.10. The number of carbonyl (C=O) groups is 1. The summed E-state index contributed by atoms with van der Waals surface area (Å²) < 4.78 is 0. The van der Waals surface area contributed by atoms with Crippen LogP contribution in [-0.4, -0.2) is 48.0 Å². The van der Waals surface area contributed by atoms with Crippen molar-refractivity contribution in [1.29, 1.82) is 0 Å². The second-order valence-electron chi connectivity index (χ2n) is 6.54. The molecule has 0 aliphatic carbocycles. The number of nitrogens with one attached hydrogen (secondary N) is 2. The number of pyridine rings is 1. The second-order valence-corrected chi connectivity index (χ2v) is 6.54. The highest BCUT2D eigenvalue weighted by Gasteiger charge is 2.25. The number of likely N-dealkylation sites (tertiary alicyclic amines) is 1. The smallest absolute Gasteiger partial charge is 0.257 e. The van der Waals surface area contributed by atoms with Crippen molar-refractivity contribution < 1.29 is 4.79 Å². The Kier molecular flexibility index (Phi) is 4.62. The lowest BCUT2D eigenvalue weighted by Crippen LogP contribution is -2.29. The topological polar surface area (TPSA) is 57.3 Å². The fourth-order valence-corrected chi connectivity index (χ4v) is 3.22. The molecular formula is C17H26N4O. The standard InChI is InChI=1S/C17H26N4O/c1-12(2)19-16-14(17(22)21-9-3-4-10-21)11-13-5-7-18-8-6-15(13)20-16/h11-12,18H,3-10H2,1-2H3,(H,19,20). The Morgan fingerprint density at radius 2 is 2.00 bits per heavy atom. The van der Waals surface area contributed by atoms with Crippen molar-refractivity contribution in [2.75, 3.05) is 31.5 Å². The van der Waals surface area contributed by atoms with E-state index in [1.54, 1.807) is 0 Å². The van der Waals surface area contributed by atoms with Crippen LogP contribution in [0.5, 0.6) is 0 Å². The minimum Gasteiger partial charge on any atom is -0.367 e. The molecule has 2 aliphatic rings. The number of hydrogen-bond acceptors (Lipinski definition) is 4. The predicted octanol–water partition coefficient (Wildman–Crippen LogP) is 1.83. The molecule has 0 bridgehead atoms. The summed E-state index contributed by atoms with van der Waals surface area (Å²) in [4.78, 5) is 19.6. The molecule has 22 heavy (non-hydrogen) atoms. The molecule has 5 heteroatoms. The fourth-order valence-electron chi connectivity index (χ4n) is 3.22. The summed E-state index contributed by atoms with van der Waals surface area (Å²) in [6.45, 7) is 7.83. The van der Waals surface area contributed by atoms with Gasteiger partial charge in [-0.1, -0.05) is 0 Å². The third-order valence-corrected chi connectivity index (χ3v) is 4.35. The summed E-state index contributed by atoms with van der Waals surface area (Å²) in [6.07, 6.45) is 4.10. The number of nitrogens with zero attached hydrogens (tertiary/aromatic N) is 2. The predicted molar refractivity (Wildman–Crippen MR) is 88.4 cm³/mol. The van der Waals surface area contributed by atoms with Gasteiger partial charge in [-0.25, -0.2) is 4.98 Å². The summed E-state index contributed by atoms with van der Waals surface area (Å²) >= 11 is 0. The lowest BCUT2D eigenvalue weighted by molar-refractivity contribution is 0.0793. The first-order valence-electron chi connectivity index (χ1n) is 8.44. The van der Waals surface area contributed by atoms with Crippen molar-refractivity contribution in [3.63, 3.8) is 0 Å². The number of fused-ring (bicyclic) bond motifs is 1. The van der Waals surface area contributed by atoms with Crippen molar-refractivity contribution in [2.24, 2.45) is 0 Å². The summed E-state index contributed by atoms with van der Waals surface area (Å²) in [6, 6.07) is 2.35. The van der Waals surface area contributed by atoms with Crippen molar-refractivity contribution in [1.82, 2.24) is 15.2 Å². The normalized spacial score (nSPS) is 18.2. The van der Waals surface area contributed by atoms with Gasteiger partial charge >= 0.3 is 0 Å². The Balaban J connectivity index is 1.97. The molecule has 0 aromatic carbocycles. The van der Waals surface area contributed by atoms with Gasteiger partial charge in [0, 0.05) is 37.8 Å². The van der Waals surface area contributed by atoms with E-state index in [-0.39, 0.29) is 11.9 Å². The third-order valence-electron chi connectivity index (χ3n) is 4.35. The zero-order chi connectivity index (χ0) is 15.5. The molecule has 1 aromatic heterocycles. The average molecular weight is 302 g/mol. The molecule has 2 aliphatic heterocycles. The fraction of sp³-hybridized carbons (Fsp3) is 0.647. The molecule has 120 valence electrons. The van der Waals surface area contributed by atoms with E-state index in [1.165, 1.54) is 5.56 Å². The quantitative estimate of drug-likeness (QED) is 0.894. The van der Waals surface area contributed by atoms with Gasteiger partial charge in [0.05, 0.1) is 5.56 Å². The molecule has 0 radical (unpaired) electrons. The van der Waals surface area contributed by atoms with Crippen LogP contribution in [0.25, 0.3) is 0 Å². The number of aromatic nitrogens is 1. The monoisotopic (exact) mass is 302 g/mol. The van der Waals surface area contributed by atoms with Gasteiger partial charge in [0.1, 0.15) is 5.82 Å². The maximum Gasteiger partial charge on any atom is 0.257 e. The van der Waals surface area contributed by atoms with Crippen LogP contribution >= 0.6 is 0 Å². The summed E-state index contributed by atoms with van der Waals surface area (Å²) in [5.74, 6) is 0.890. The molecule has 0 atom stereocenters. The maximum atomic E-state index is 12.9. The highest BCUT2D eigenvalue weighted by atomic mass is 16.2. The van der Waals surface area contributed by atoms with E-state index in [1.807, 2.05) is 4.90 Å². The van der Waals surface area contributed by atoms with E-state index in [4.69, 9.17) is 4.98 Å². The zero-order valence-corrected chi connectivity index (χ0v) is 13.6. The molecular weight excluding hydrogens is 276 g/mol. The van der Waals surface area contributed by atoms with E-state index in [2.05, 4.69) is 30.5 Å². The molecule has 3 rings (SSSR count). The lowest BCUT2D eigenvalue weighted by atomic mass is 10.0. The summed E-state index contributed by atoms with van der Waals surface area (Å²) in [7, 11) is 0. The zero-order valence-electron chi connectivity index (χ0n) is 13.6. The molecule has 0 unspecified atom stereocenters. The Morgan fingerprint density at radius 3 is 2.73 bits per heavy atom. The molecule has 3 heterocycles. The largest absolute Gasteiger partial charge is 0.367 e. The van der Waals surface area contributed by atoms with Gasteiger partial charge in [-0.15, -0.1) is 0 Å². The Labute approximate surface area is 132 Å². The molecule has 1 amide bonds. The molecule has 2 N–H and O–H groups in total. The van der Waals surface area contributed by atoms with Gasteiger partial charge in [-0.3, -0.25) is 4.79 Å². The minimum absolute atomic E-state index is 0.133. The van der Waals surface area contributed by atoms with Crippen LogP contribution < -0.4 is 10.6 Å². The van der Waals surface area contributed by atoms with E-state index >= 15 is 0 Å². The van der Waals surface area contributed by atoms with E-state index in [0.717, 1.165) is 68.9 Å². The minimum atomic E-state index is 0.133. The number of rotatable bonds is 3. The molecule has 5 nitrogen and oxygen atoms in total. The van der Waals surface area contributed by atoms with Crippen molar-refractivity contribution >= 4 is 11.7 Å². The highest BCUT2D eigenvalue weighted by molar-refractivity contribution is 5.99. The van der Waals surface area contributed by atoms with Crippen molar-refractivity contribution in [3.05, 3.63) is 22.9 Å². The van der Waals surface area contributed by atoms with Gasteiger partial charge in [0.25, 0.3) is 5.91 Å². The molecule has 0 spiro atoms. The van der Waals surface area contributed by atoms with Crippen molar-refractivity contribution in [2.45, 2.75) is 45.6 Å². The van der Waals surface area contributed by atoms with Crippen LogP contribution in [0.2, 0.25) is 0 Å². The van der Waals surface area contributed by atoms with E-state index in [9.17, 15) is 4.79 Å². The Bertz CT molecular complexity index is 550. The van der Waals surface area contributed by atoms with Crippen molar-refractivity contribution in [3.8, 4) is 0 Å². The Hall–Kier alpha value is -1.62. The number of hydrogen-bond donors (Lipinski definition) is 2. The highest BCUT2D eigenvalue weighted by Crippen LogP contribution is 2.24. The molecule has 1 aromatic rings. The van der Waals surface area contributed by atoms with Crippen LogP contribution in [0.3, 0.4) is 0 Å². The average Bonchev–Trinajstić information content (AvgIpc) is 2.92. The van der Waals surface area contributed by atoms with Gasteiger partial charge in [0.2, 0.25) is 0 Å². The van der Waals surface area contributed by atoms with Gasteiger partial charge in [0.15, 0.2) is 0 Å². The number of carbonyl (C=O) groups excluding carboxylic acids is 1. The first kappa shape index (κ1) is 15.3. The van der Waals surface area contributed by atoms with Gasteiger partial charge < -0.3 is 15.5 Å². The van der Waals surface area contributed by atoms with Crippen LogP contribution in [0.1, 0.15) is 48.3 Å². The maximum absolute atomic E-state index is 12.9. The van der Waals surface area contributed by atoms with Gasteiger partial charge in [-0.05, 0) is 51.3 Å². The van der Waals surface area contributed by atoms with Crippen LogP contribution in [0.4, 0.5) is 5.82 Å². The first-order valence-corrected chi connectivity index (χ1v) is 8.44. The third kappa shape index (κ3) is 3.24. The van der Waals surface area contributed by atoms with Crippen LogP contribution in [0.15, 0.2) is 6.07 Å². The number of amides is 1. The molecule has 1 saturated heterocycles. The Morgan fingerprint density at radius 1 is 1.27 bits per heavy atom. The van der Waals surface area contributed by atoms with E-state index in [0.29, 0.717) is 0 Å². The van der Waals surface area contributed by atoms with Gasteiger partial charge in [-0.2, -0.15) is 0 Å². The lowest BCUT2D eigenvalue weighted by Gasteiger charge is -2.21. The van der Waals surface area contributed by atoms with Crippen LogP contribution in [0, 0.1) is 0 Å². The van der Waals surface area contributed by atoms with E-state index < -0.39 is 0 Å².